The average Bonchev–Trinajstić information content (AvgIpc) is 3.00. The summed E-state index contributed by atoms with van der Waals surface area (Å²) in [7, 11) is 1.64. The van der Waals surface area contributed by atoms with E-state index in [9.17, 15) is 4.79 Å². The molecule has 1 fully saturated rings. The van der Waals surface area contributed by atoms with Crippen molar-refractivity contribution in [1.82, 2.24) is 10.6 Å². The van der Waals surface area contributed by atoms with Gasteiger partial charge in [0.15, 0.2) is 0 Å². The van der Waals surface area contributed by atoms with Crippen LogP contribution in [-0.2, 0) is 16.1 Å². The van der Waals surface area contributed by atoms with Crippen LogP contribution in [0.3, 0.4) is 0 Å². The summed E-state index contributed by atoms with van der Waals surface area (Å²) in [5.41, 5.74) is 1.03. The zero-order valence-corrected chi connectivity index (χ0v) is 13.6. The Bertz CT molecular complexity index is 442. The second-order valence-corrected chi connectivity index (χ2v) is 5.51. The number of methoxy groups -OCH3 is 1. The maximum Gasteiger partial charge on any atom is 0.238 e. The van der Waals surface area contributed by atoms with Crippen molar-refractivity contribution in [3.05, 3.63) is 29.8 Å². The van der Waals surface area contributed by atoms with Gasteiger partial charge < -0.3 is 14.8 Å². The van der Waals surface area contributed by atoms with E-state index in [-0.39, 0.29) is 24.4 Å². The summed E-state index contributed by atoms with van der Waals surface area (Å²) in [6, 6.07) is 7.66. The van der Waals surface area contributed by atoms with E-state index in [2.05, 4.69) is 10.6 Å². The molecule has 2 N–H and O–H groups in total. The summed E-state index contributed by atoms with van der Waals surface area (Å²) >= 11 is 1.74. The van der Waals surface area contributed by atoms with Gasteiger partial charge in [-0.3, -0.25) is 10.1 Å². The maximum absolute atomic E-state index is 11.9. The summed E-state index contributed by atoms with van der Waals surface area (Å²) in [4.78, 5) is 11.9. The van der Waals surface area contributed by atoms with Crippen molar-refractivity contribution in [2.24, 2.45) is 0 Å². The van der Waals surface area contributed by atoms with Crippen molar-refractivity contribution >= 4 is 30.1 Å². The summed E-state index contributed by atoms with van der Waals surface area (Å²) in [6.45, 7) is 1.60. The molecule has 5 nitrogen and oxygen atoms in total. The van der Waals surface area contributed by atoms with E-state index in [0.29, 0.717) is 19.8 Å². The van der Waals surface area contributed by atoms with Gasteiger partial charge in [0.25, 0.3) is 0 Å². The lowest BCUT2D eigenvalue weighted by Gasteiger charge is -2.11. The second-order valence-electron chi connectivity index (χ2n) is 4.48. The first-order valence-corrected chi connectivity index (χ1v) is 7.74. The number of amides is 1. The van der Waals surface area contributed by atoms with Crippen LogP contribution in [0.25, 0.3) is 0 Å². The number of thioether (sulfide) groups is 1. The highest BCUT2D eigenvalue weighted by Crippen LogP contribution is 2.14. The van der Waals surface area contributed by atoms with E-state index in [1.54, 1.807) is 18.9 Å². The molecule has 1 heterocycles. The number of halogens is 1. The molecule has 1 amide bonds. The van der Waals surface area contributed by atoms with Crippen LogP contribution in [0.1, 0.15) is 5.56 Å². The zero-order chi connectivity index (χ0) is 14.2. The highest BCUT2D eigenvalue weighted by molar-refractivity contribution is 7.99. The minimum Gasteiger partial charge on any atom is -0.491 e. The smallest absolute Gasteiger partial charge is 0.238 e. The Morgan fingerprint density at radius 2 is 2.33 bits per heavy atom. The molecule has 0 radical (unpaired) electrons. The van der Waals surface area contributed by atoms with Crippen LogP contribution in [0, 0.1) is 0 Å². The first-order valence-electron chi connectivity index (χ1n) is 6.59. The van der Waals surface area contributed by atoms with Crippen LogP contribution in [-0.4, -0.2) is 43.9 Å². The van der Waals surface area contributed by atoms with Crippen molar-refractivity contribution in [2.75, 3.05) is 32.0 Å². The van der Waals surface area contributed by atoms with Crippen LogP contribution in [0.15, 0.2) is 24.3 Å². The molecule has 0 bridgehead atoms. The van der Waals surface area contributed by atoms with Crippen molar-refractivity contribution in [2.45, 2.75) is 12.6 Å². The molecule has 1 aliphatic rings. The minimum absolute atomic E-state index is 0. The molecular formula is C14H21ClN2O3S. The maximum atomic E-state index is 11.9. The van der Waals surface area contributed by atoms with Gasteiger partial charge in [0.05, 0.1) is 12.6 Å². The molecule has 118 valence electrons. The Balaban J connectivity index is 0.00000220. The molecule has 1 saturated heterocycles. The number of nitrogens with one attached hydrogen (secondary N) is 2. The fraction of sp³-hybridized carbons (Fsp3) is 0.500. The lowest BCUT2D eigenvalue weighted by atomic mass is 10.2. The number of carbonyl (C=O) groups excluding carboxylic acids is 1. The third kappa shape index (κ3) is 6.13. The summed E-state index contributed by atoms with van der Waals surface area (Å²) in [5.74, 6) is 2.54. The average molecular weight is 333 g/mol. The normalized spacial score (nSPS) is 17.1. The third-order valence-corrected chi connectivity index (χ3v) is 3.89. The number of benzene rings is 1. The fourth-order valence-electron chi connectivity index (χ4n) is 1.86. The monoisotopic (exact) mass is 332 g/mol. The van der Waals surface area contributed by atoms with Gasteiger partial charge in [-0.15, -0.1) is 24.2 Å². The van der Waals surface area contributed by atoms with Gasteiger partial charge in [0.2, 0.25) is 5.91 Å². The van der Waals surface area contributed by atoms with Crippen LogP contribution in [0.5, 0.6) is 5.75 Å². The van der Waals surface area contributed by atoms with Crippen molar-refractivity contribution < 1.29 is 14.3 Å². The lowest BCUT2D eigenvalue weighted by molar-refractivity contribution is -0.122. The van der Waals surface area contributed by atoms with Crippen LogP contribution in [0.4, 0.5) is 0 Å². The Morgan fingerprint density at radius 1 is 1.48 bits per heavy atom. The Labute approximate surface area is 135 Å². The van der Waals surface area contributed by atoms with Crippen molar-refractivity contribution in [3.63, 3.8) is 0 Å². The summed E-state index contributed by atoms with van der Waals surface area (Å²) in [6.07, 6.45) is 0. The number of rotatable bonds is 7. The Morgan fingerprint density at radius 3 is 3.05 bits per heavy atom. The minimum atomic E-state index is -0.0684. The molecule has 0 saturated carbocycles. The zero-order valence-electron chi connectivity index (χ0n) is 12.0. The predicted molar refractivity (Wildman–Crippen MR) is 87.2 cm³/mol. The van der Waals surface area contributed by atoms with Gasteiger partial charge in [-0.25, -0.2) is 0 Å². The van der Waals surface area contributed by atoms with E-state index in [1.165, 1.54) is 0 Å². The van der Waals surface area contributed by atoms with Crippen molar-refractivity contribution in [1.29, 1.82) is 0 Å². The molecule has 1 aliphatic heterocycles. The SMILES string of the molecule is COCCOc1cccc(CNC(=O)C2CSCN2)c1.Cl. The highest BCUT2D eigenvalue weighted by Gasteiger charge is 2.21. The lowest BCUT2D eigenvalue weighted by Crippen LogP contribution is -2.41. The quantitative estimate of drug-likeness (QED) is 0.739. The molecule has 1 aromatic rings. The Hall–Kier alpha value is -0.950. The molecule has 21 heavy (non-hydrogen) atoms. The van der Waals surface area contributed by atoms with Crippen molar-refractivity contribution in [3.8, 4) is 5.75 Å². The molecule has 1 aromatic carbocycles. The standard InChI is InChI=1S/C14H20N2O3S.ClH/c1-18-5-6-19-12-4-2-3-11(7-12)8-15-14(17)13-9-20-10-16-13;/h2-4,7,13,16H,5-6,8-10H2,1H3,(H,15,17);1H. The van der Waals surface area contributed by atoms with Gasteiger partial charge in [0, 0.05) is 25.3 Å². The van der Waals surface area contributed by atoms with Gasteiger partial charge in [-0.2, -0.15) is 0 Å². The highest BCUT2D eigenvalue weighted by atomic mass is 35.5. The molecule has 0 aromatic heterocycles. The fourth-order valence-corrected chi connectivity index (χ4v) is 2.81. The van der Waals surface area contributed by atoms with E-state index in [1.807, 2.05) is 24.3 Å². The first-order chi connectivity index (χ1) is 9.79. The summed E-state index contributed by atoms with van der Waals surface area (Å²) in [5, 5.41) is 6.09. The molecule has 0 aliphatic carbocycles. The van der Waals surface area contributed by atoms with E-state index >= 15 is 0 Å². The molecule has 1 atom stereocenters. The van der Waals surface area contributed by atoms with E-state index in [4.69, 9.17) is 9.47 Å². The largest absolute Gasteiger partial charge is 0.491 e. The number of hydrogen-bond acceptors (Lipinski definition) is 5. The first kappa shape index (κ1) is 18.1. The van der Waals surface area contributed by atoms with Crippen LogP contribution in [0.2, 0.25) is 0 Å². The number of carbonyl (C=O) groups is 1. The summed E-state index contributed by atoms with van der Waals surface area (Å²) < 4.78 is 10.5. The van der Waals surface area contributed by atoms with E-state index < -0.39 is 0 Å². The van der Waals surface area contributed by atoms with Crippen LogP contribution < -0.4 is 15.4 Å². The van der Waals surface area contributed by atoms with Gasteiger partial charge in [-0.1, -0.05) is 12.1 Å². The molecule has 1 unspecified atom stereocenters. The Kier molecular flexibility index (Phi) is 8.52. The molecule has 2 rings (SSSR count). The van der Waals surface area contributed by atoms with Gasteiger partial charge in [-0.05, 0) is 17.7 Å². The number of hydrogen-bond donors (Lipinski definition) is 2. The topological polar surface area (TPSA) is 59.6 Å². The van der Waals surface area contributed by atoms with Gasteiger partial charge >= 0.3 is 0 Å². The molecule has 0 spiro atoms. The van der Waals surface area contributed by atoms with E-state index in [0.717, 1.165) is 22.9 Å². The van der Waals surface area contributed by atoms with Crippen LogP contribution >= 0.6 is 24.2 Å². The predicted octanol–water partition coefficient (Wildman–Crippen LogP) is 1.41. The molecule has 7 heteroatoms. The second kappa shape index (κ2) is 9.89. The van der Waals surface area contributed by atoms with Gasteiger partial charge in [0.1, 0.15) is 12.4 Å². The third-order valence-electron chi connectivity index (χ3n) is 2.95. The molecular weight excluding hydrogens is 312 g/mol. The number of ether oxygens (including phenoxy) is 2.